The van der Waals surface area contributed by atoms with Gasteiger partial charge in [0.1, 0.15) is 11.9 Å². The van der Waals surface area contributed by atoms with Crippen LogP contribution in [0.15, 0.2) is 36.4 Å². The van der Waals surface area contributed by atoms with E-state index in [2.05, 4.69) is 5.32 Å². The van der Waals surface area contributed by atoms with Gasteiger partial charge in [-0.15, -0.1) is 0 Å². The molecule has 1 aliphatic heterocycles. The van der Waals surface area contributed by atoms with Crippen LogP contribution in [0.3, 0.4) is 0 Å². The van der Waals surface area contributed by atoms with E-state index in [1.54, 1.807) is 23.1 Å². The minimum atomic E-state index is -0.185. The molecule has 0 aliphatic carbocycles. The van der Waals surface area contributed by atoms with E-state index in [9.17, 15) is 4.79 Å². The first kappa shape index (κ1) is 15.7. The molecule has 1 N–H and O–H groups in total. The van der Waals surface area contributed by atoms with Crippen molar-refractivity contribution in [2.45, 2.75) is 26.9 Å². The van der Waals surface area contributed by atoms with Crippen molar-refractivity contribution < 1.29 is 9.53 Å². The highest BCUT2D eigenvalue weighted by Gasteiger charge is 2.28. The molecule has 120 valence electrons. The van der Waals surface area contributed by atoms with Crippen molar-refractivity contribution in [2.75, 3.05) is 16.8 Å². The number of urea groups is 1. The van der Waals surface area contributed by atoms with Gasteiger partial charge < -0.3 is 10.1 Å². The molecular weight excluding hydrogens is 312 g/mol. The van der Waals surface area contributed by atoms with E-state index in [0.29, 0.717) is 23.0 Å². The number of halogens is 1. The second-order valence-electron chi connectivity index (χ2n) is 5.90. The number of amides is 2. The maximum absolute atomic E-state index is 12.7. The molecule has 2 aromatic carbocycles. The number of hydrogen-bond acceptors (Lipinski definition) is 2. The molecule has 0 bridgehead atoms. The summed E-state index contributed by atoms with van der Waals surface area (Å²) < 4.78 is 5.78. The van der Waals surface area contributed by atoms with Crippen LogP contribution < -0.4 is 15.0 Å². The van der Waals surface area contributed by atoms with Gasteiger partial charge in [0.15, 0.2) is 0 Å². The van der Waals surface area contributed by atoms with Crippen LogP contribution >= 0.6 is 11.6 Å². The van der Waals surface area contributed by atoms with Gasteiger partial charge in [-0.05, 0) is 50.6 Å². The van der Waals surface area contributed by atoms with E-state index in [1.807, 2.05) is 39.0 Å². The number of nitrogens with one attached hydrogen (secondary N) is 1. The van der Waals surface area contributed by atoms with Gasteiger partial charge in [-0.1, -0.05) is 29.3 Å². The molecule has 3 rings (SSSR count). The Kier molecular flexibility index (Phi) is 4.18. The van der Waals surface area contributed by atoms with E-state index < -0.39 is 0 Å². The molecule has 0 unspecified atom stereocenters. The van der Waals surface area contributed by atoms with E-state index in [-0.39, 0.29) is 12.1 Å². The van der Waals surface area contributed by atoms with Crippen LogP contribution in [0.25, 0.3) is 0 Å². The van der Waals surface area contributed by atoms with Gasteiger partial charge in [-0.2, -0.15) is 0 Å². The van der Waals surface area contributed by atoms with Crippen molar-refractivity contribution in [3.63, 3.8) is 0 Å². The van der Waals surface area contributed by atoms with Crippen LogP contribution in [0.2, 0.25) is 5.02 Å². The van der Waals surface area contributed by atoms with Crippen molar-refractivity contribution in [2.24, 2.45) is 0 Å². The number of carbonyl (C=O) groups excluding carboxylic acids is 1. The first-order valence-corrected chi connectivity index (χ1v) is 7.94. The van der Waals surface area contributed by atoms with Gasteiger partial charge in [0.2, 0.25) is 0 Å². The average Bonchev–Trinajstić information content (AvgIpc) is 2.49. The monoisotopic (exact) mass is 330 g/mol. The zero-order valence-electron chi connectivity index (χ0n) is 13.4. The molecule has 23 heavy (non-hydrogen) atoms. The summed E-state index contributed by atoms with van der Waals surface area (Å²) in [6.45, 7) is 6.43. The Balaban J connectivity index is 1.89. The lowest BCUT2D eigenvalue weighted by Gasteiger charge is -2.33. The maximum atomic E-state index is 12.7. The summed E-state index contributed by atoms with van der Waals surface area (Å²) in [7, 11) is 0. The van der Waals surface area contributed by atoms with Gasteiger partial charge >= 0.3 is 6.03 Å². The summed E-state index contributed by atoms with van der Waals surface area (Å²) in [5.74, 6) is 0.670. The number of hydrogen-bond donors (Lipinski definition) is 1. The topological polar surface area (TPSA) is 41.6 Å². The van der Waals surface area contributed by atoms with Crippen LogP contribution in [0, 0.1) is 13.8 Å². The molecule has 1 aliphatic rings. The SMILES string of the molecule is Cc1ccc(NC(=O)N2C[C@@H](C)Oc3ccc(Cl)cc32)c(C)c1. The van der Waals surface area contributed by atoms with Crippen LogP contribution in [0.5, 0.6) is 5.75 Å². The standard InChI is InChI=1S/C18H19ClN2O2/c1-11-4-6-15(12(2)8-11)20-18(22)21-10-13(3)23-17-7-5-14(19)9-16(17)21/h4-9,13H,10H2,1-3H3,(H,20,22)/t13-/m1/s1. The predicted octanol–water partition coefficient (Wildman–Crippen LogP) is 4.78. The number of carbonyl (C=O) groups is 1. The highest BCUT2D eigenvalue weighted by molar-refractivity contribution is 6.31. The second kappa shape index (κ2) is 6.13. The zero-order chi connectivity index (χ0) is 16.6. The molecule has 0 saturated carbocycles. The fourth-order valence-electron chi connectivity index (χ4n) is 2.74. The van der Waals surface area contributed by atoms with Gasteiger partial charge in [-0.25, -0.2) is 4.79 Å². The normalized spacial score (nSPS) is 16.5. The van der Waals surface area contributed by atoms with E-state index in [0.717, 1.165) is 16.8 Å². The number of nitrogens with zero attached hydrogens (tertiary/aromatic N) is 1. The summed E-state index contributed by atoms with van der Waals surface area (Å²) in [5, 5.41) is 3.55. The molecule has 0 aromatic heterocycles. The minimum absolute atomic E-state index is 0.0754. The van der Waals surface area contributed by atoms with Crippen LogP contribution in [0.4, 0.5) is 16.2 Å². The zero-order valence-corrected chi connectivity index (χ0v) is 14.1. The molecule has 4 nitrogen and oxygen atoms in total. The maximum Gasteiger partial charge on any atom is 0.326 e. The molecule has 0 fully saturated rings. The minimum Gasteiger partial charge on any atom is -0.487 e. The van der Waals surface area contributed by atoms with Crippen molar-refractivity contribution in [1.29, 1.82) is 0 Å². The van der Waals surface area contributed by atoms with Crippen LogP contribution in [0.1, 0.15) is 18.1 Å². The third-order valence-corrected chi connectivity index (χ3v) is 4.08. The molecule has 0 saturated heterocycles. The lowest BCUT2D eigenvalue weighted by Crippen LogP contribution is -2.44. The van der Waals surface area contributed by atoms with E-state index in [4.69, 9.17) is 16.3 Å². The Labute approximate surface area is 141 Å². The first-order chi connectivity index (χ1) is 10.9. The number of ether oxygens (including phenoxy) is 1. The molecule has 2 aromatic rings. The number of anilines is 2. The van der Waals surface area contributed by atoms with Crippen molar-refractivity contribution in [1.82, 2.24) is 0 Å². The smallest absolute Gasteiger partial charge is 0.326 e. The Morgan fingerprint density at radius 2 is 2.04 bits per heavy atom. The van der Waals surface area contributed by atoms with Gasteiger partial charge in [0.05, 0.1) is 12.2 Å². The largest absolute Gasteiger partial charge is 0.487 e. The van der Waals surface area contributed by atoms with Crippen LogP contribution in [-0.4, -0.2) is 18.7 Å². The number of fused-ring (bicyclic) bond motifs is 1. The fourth-order valence-corrected chi connectivity index (χ4v) is 2.91. The molecule has 1 atom stereocenters. The molecule has 0 radical (unpaired) electrons. The second-order valence-corrected chi connectivity index (χ2v) is 6.34. The van der Waals surface area contributed by atoms with E-state index >= 15 is 0 Å². The quantitative estimate of drug-likeness (QED) is 0.817. The number of rotatable bonds is 1. The van der Waals surface area contributed by atoms with Gasteiger partial charge in [-0.3, -0.25) is 4.90 Å². The molecule has 0 spiro atoms. The molecule has 1 heterocycles. The molecule has 5 heteroatoms. The predicted molar refractivity (Wildman–Crippen MR) is 93.8 cm³/mol. The average molecular weight is 331 g/mol. The van der Waals surface area contributed by atoms with Crippen molar-refractivity contribution >= 4 is 29.0 Å². The summed E-state index contributed by atoms with van der Waals surface area (Å²) in [6, 6.07) is 11.1. The van der Waals surface area contributed by atoms with E-state index in [1.165, 1.54) is 0 Å². The molecular formula is C18H19ClN2O2. The Morgan fingerprint density at radius 1 is 1.26 bits per heavy atom. The third kappa shape index (κ3) is 3.27. The summed E-state index contributed by atoms with van der Waals surface area (Å²) in [5.41, 5.74) is 3.70. The highest BCUT2D eigenvalue weighted by atomic mass is 35.5. The first-order valence-electron chi connectivity index (χ1n) is 7.56. The third-order valence-electron chi connectivity index (χ3n) is 3.85. The lowest BCUT2D eigenvalue weighted by molar-refractivity contribution is 0.208. The Morgan fingerprint density at radius 3 is 2.78 bits per heavy atom. The lowest BCUT2D eigenvalue weighted by atomic mass is 10.1. The Bertz CT molecular complexity index is 761. The summed E-state index contributed by atoms with van der Waals surface area (Å²) in [6.07, 6.45) is -0.0754. The Hall–Kier alpha value is -2.20. The summed E-state index contributed by atoms with van der Waals surface area (Å²) >= 11 is 6.07. The highest BCUT2D eigenvalue weighted by Crippen LogP contribution is 2.36. The van der Waals surface area contributed by atoms with Gasteiger partial charge in [0, 0.05) is 10.7 Å². The van der Waals surface area contributed by atoms with Gasteiger partial charge in [0.25, 0.3) is 0 Å². The fraction of sp³-hybridized carbons (Fsp3) is 0.278. The van der Waals surface area contributed by atoms with Crippen molar-refractivity contribution in [3.05, 3.63) is 52.5 Å². The van der Waals surface area contributed by atoms with Crippen molar-refractivity contribution in [3.8, 4) is 5.75 Å². The number of benzene rings is 2. The van der Waals surface area contributed by atoms with Crippen LogP contribution in [-0.2, 0) is 0 Å². The summed E-state index contributed by atoms with van der Waals surface area (Å²) in [4.78, 5) is 14.4. The number of aryl methyl sites for hydroxylation is 2. The molecule has 2 amide bonds.